The maximum absolute atomic E-state index is 11.9. The number of aliphatic imine (C=N–C) groups is 2. The molecule has 0 fully saturated rings. The maximum Gasteiger partial charge on any atom is 0.306 e. The first-order valence-electron chi connectivity index (χ1n) is 22.0. The van der Waals surface area contributed by atoms with Gasteiger partial charge in [-0.15, -0.1) is 0 Å². The Morgan fingerprint density at radius 3 is 1.09 bits per heavy atom. The smallest absolute Gasteiger partial charge is 0.306 e. The van der Waals surface area contributed by atoms with Crippen molar-refractivity contribution >= 4 is 47.1 Å². The minimum atomic E-state index is -0.0707. The van der Waals surface area contributed by atoms with Crippen molar-refractivity contribution in [1.29, 1.82) is 0 Å². The van der Waals surface area contributed by atoms with E-state index in [1.165, 1.54) is 103 Å². The summed E-state index contributed by atoms with van der Waals surface area (Å²) >= 11 is 3.57. The number of carbonyl (C=O) groups excluding carboxylic acids is 2. The molecule has 0 amide bonds. The van der Waals surface area contributed by atoms with E-state index in [-0.39, 0.29) is 11.9 Å². The number of rotatable bonds is 42. The lowest BCUT2D eigenvalue weighted by atomic mass is 10.1. The summed E-state index contributed by atoms with van der Waals surface area (Å²) in [5.41, 5.74) is 12.2. The molecule has 10 heteroatoms. The van der Waals surface area contributed by atoms with Crippen molar-refractivity contribution in [3.05, 3.63) is 0 Å². The molecule has 0 aliphatic heterocycles. The molecule has 0 aliphatic rings. The van der Waals surface area contributed by atoms with Crippen molar-refractivity contribution in [2.45, 2.75) is 200 Å². The molecule has 0 atom stereocenters. The first-order chi connectivity index (χ1) is 26.0. The fourth-order valence-corrected chi connectivity index (χ4v) is 7.65. The normalized spacial score (nSPS) is 12.0. The number of nitrogens with zero attached hydrogens (tertiary/aromatic N) is 2. The lowest BCUT2D eigenvalue weighted by Gasteiger charge is -2.06. The third kappa shape index (κ3) is 43.2. The first-order valence-corrected chi connectivity index (χ1v) is 24.3. The van der Waals surface area contributed by atoms with E-state index in [4.69, 9.17) is 20.9 Å². The predicted molar refractivity (Wildman–Crippen MR) is 235 cm³/mol. The predicted octanol–water partition coefficient (Wildman–Crippen LogP) is 11.6. The molecule has 0 bridgehead atoms. The van der Waals surface area contributed by atoms with Crippen LogP contribution in [0.25, 0.3) is 0 Å². The number of hydrogen-bond acceptors (Lipinski definition) is 8. The van der Waals surface area contributed by atoms with Gasteiger partial charge in [-0.25, -0.2) is 0 Å². The van der Waals surface area contributed by atoms with Crippen molar-refractivity contribution in [1.82, 2.24) is 0 Å². The molecule has 0 unspecified atom stereocenters. The van der Waals surface area contributed by atoms with Crippen molar-refractivity contribution in [2.75, 3.05) is 49.3 Å². The summed E-state index contributed by atoms with van der Waals surface area (Å²) in [4.78, 5) is 32.9. The molecule has 0 rings (SSSR count). The third-order valence-electron chi connectivity index (χ3n) is 9.31. The molecular weight excluding hydrogens is 701 g/mol. The van der Waals surface area contributed by atoms with Gasteiger partial charge in [0.15, 0.2) is 0 Å². The molecule has 0 saturated heterocycles. The molecule has 0 aromatic carbocycles. The quantitative estimate of drug-likeness (QED) is 0.0271. The Morgan fingerprint density at radius 2 is 0.736 bits per heavy atom. The van der Waals surface area contributed by atoms with Gasteiger partial charge < -0.3 is 20.9 Å². The summed E-state index contributed by atoms with van der Waals surface area (Å²) in [6.07, 6.45) is 33.3. The number of hydrogen-bond donors (Lipinski definition) is 2. The van der Waals surface area contributed by atoms with Crippen LogP contribution in [0, 0.1) is 0 Å². The highest BCUT2D eigenvalue weighted by atomic mass is 32.2. The van der Waals surface area contributed by atoms with Crippen LogP contribution in [-0.2, 0) is 19.1 Å². The largest absolute Gasteiger partial charge is 0.466 e. The number of thioether (sulfide) groups is 2. The maximum atomic E-state index is 11.9. The van der Waals surface area contributed by atoms with Crippen molar-refractivity contribution < 1.29 is 19.1 Å². The summed E-state index contributed by atoms with van der Waals surface area (Å²) in [6.45, 7) is 7.16. The highest BCUT2D eigenvalue weighted by Crippen LogP contribution is 2.13. The van der Waals surface area contributed by atoms with Gasteiger partial charge in [-0.1, -0.05) is 129 Å². The third-order valence-corrected chi connectivity index (χ3v) is 11.5. The van der Waals surface area contributed by atoms with Crippen LogP contribution in [0.15, 0.2) is 9.98 Å². The second kappa shape index (κ2) is 43.3. The van der Waals surface area contributed by atoms with Crippen LogP contribution in [0.3, 0.4) is 0 Å². The molecule has 0 radical (unpaired) electrons. The van der Waals surface area contributed by atoms with Gasteiger partial charge >= 0.3 is 11.9 Å². The number of amidine groups is 2. The zero-order valence-electron chi connectivity index (χ0n) is 34.7. The topological polar surface area (TPSA) is 129 Å². The van der Waals surface area contributed by atoms with Crippen LogP contribution in [0.4, 0.5) is 0 Å². The van der Waals surface area contributed by atoms with Gasteiger partial charge in [0, 0.05) is 37.4 Å². The molecule has 0 aliphatic carbocycles. The van der Waals surface area contributed by atoms with Crippen LogP contribution < -0.4 is 11.5 Å². The lowest BCUT2D eigenvalue weighted by Crippen LogP contribution is -2.13. The number of esters is 2. The molecule has 0 aromatic rings. The molecule has 312 valence electrons. The number of carbonyl (C=O) groups is 2. The first kappa shape index (κ1) is 51.6. The van der Waals surface area contributed by atoms with Gasteiger partial charge in [0.1, 0.15) is 0 Å². The molecule has 0 aromatic heterocycles. The molecule has 4 N–H and O–H groups in total. The number of ether oxygens (including phenoxy) is 2. The standard InChI is InChI=1S/C43H84N4O4S2/c1-3-5-7-9-11-13-15-17-19-24-34-50-42(48)30-38-52-36-26-28-40(44)46-32-22-21-23-33-47-41(45)29-27-37-53-39-31-43(49)51-35-25-20-18-16-14-12-10-8-6-4-2/h3-39H2,1-2H3,(H2,44,46)(H2,45,47). The van der Waals surface area contributed by atoms with Crippen LogP contribution in [0.2, 0.25) is 0 Å². The summed E-state index contributed by atoms with van der Waals surface area (Å²) in [7, 11) is 0. The number of unbranched alkanes of at least 4 members (excludes halogenated alkanes) is 20. The van der Waals surface area contributed by atoms with Crippen molar-refractivity contribution in [3.63, 3.8) is 0 Å². The summed E-state index contributed by atoms with van der Waals surface area (Å²) in [5, 5.41) is 0. The van der Waals surface area contributed by atoms with Crippen molar-refractivity contribution in [2.24, 2.45) is 21.5 Å². The van der Waals surface area contributed by atoms with E-state index in [9.17, 15) is 9.59 Å². The second-order valence-corrected chi connectivity index (χ2v) is 17.0. The van der Waals surface area contributed by atoms with E-state index in [2.05, 4.69) is 23.8 Å². The van der Waals surface area contributed by atoms with Crippen LogP contribution in [-0.4, -0.2) is 72.9 Å². The Kier molecular flexibility index (Phi) is 42.1. The molecule has 0 heterocycles. The van der Waals surface area contributed by atoms with Gasteiger partial charge in [-0.05, 0) is 56.5 Å². The summed E-state index contributed by atoms with van der Waals surface area (Å²) in [6, 6.07) is 0. The summed E-state index contributed by atoms with van der Waals surface area (Å²) < 4.78 is 10.8. The molecule has 8 nitrogen and oxygen atoms in total. The fraction of sp³-hybridized carbons (Fsp3) is 0.907. The van der Waals surface area contributed by atoms with Gasteiger partial charge in [0.05, 0.1) is 37.7 Å². The molecular formula is C43H84N4O4S2. The van der Waals surface area contributed by atoms with E-state index < -0.39 is 0 Å². The van der Waals surface area contributed by atoms with E-state index >= 15 is 0 Å². The Hall–Kier alpha value is -1.42. The van der Waals surface area contributed by atoms with Gasteiger partial charge in [0.25, 0.3) is 0 Å². The molecule has 0 saturated carbocycles. The van der Waals surface area contributed by atoms with Gasteiger partial charge in [-0.3, -0.25) is 19.6 Å². The van der Waals surface area contributed by atoms with Crippen LogP contribution >= 0.6 is 23.5 Å². The van der Waals surface area contributed by atoms with Crippen molar-refractivity contribution in [3.8, 4) is 0 Å². The zero-order valence-corrected chi connectivity index (χ0v) is 36.3. The minimum absolute atomic E-state index is 0.0707. The monoisotopic (exact) mass is 785 g/mol. The Balaban J connectivity index is 3.49. The zero-order chi connectivity index (χ0) is 38.7. The molecule has 0 spiro atoms. The average molecular weight is 785 g/mol. The average Bonchev–Trinajstić information content (AvgIpc) is 3.15. The Bertz CT molecular complexity index is 807. The summed E-state index contributed by atoms with van der Waals surface area (Å²) in [5.74, 6) is 4.88. The highest BCUT2D eigenvalue weighted by Gasteiger charge is 2.05. The number of nitrogens with two attached hydrogens (primary N) is 2. The minimum Gasteiger partial charge on any atom is -0.466 e. The Labute approximate surface area is 335 Å². The Morgan fingerprint density at radius 1 is 0.415 bits per heavy atom. The van der Waals surface area contributed by atoms with Gasteiger partial charge in [-0.2, -0.15) is 23.5 Å². The van der Waals surface area contributed by atoms with E-state index in [1.54, 1.807) is 23.5 Å². The van der Waals surface area contributed by atoms with E-state index in [0.717, 1.165) is 118 Å². The van der Waals surface area contributed by atoms with Crippen LogP contribution in [0.1, 0.15) is 200 Å². The van der Waals surface area contributed by atoms with E-state index in [1.807, 2.05) is 0 Å². The fourth-order valence-electron chi connectivity index (χ4n) is 5.92. The highest BCUT2D eigenvalue weighted by molar-refractivity contribution is 7.99. The molecule has 53 heavy (non-hydrogen) atoms. The van der Waals surface area contributed by atoms with E-state index in [0.29, 0.717) is 26.1 Å². The second-order valence-electron chi connectivity index (χ2n) is 14.5. The van der Waals surface area contributed by atoms with Crippen LogP contribution in [0.5, 0.6) is 0 Å². The van der Waals surface area contributed by atoms with Gasteiger partial charge in [0.2, 0.25) is 0 Å². The SMILES string of the molecule is CCCCCCCCCCCCOC(=O)CCSCCCC(N)=NCCCCCN=C(N)CCCSCCC(=O)OCCCCCCCCCCCC. The lowest BCUT2D eigenvalue weighted by molar-refractivity contribution is -0.144.